The Morgan fingerprint density at radius 3 is 2.52 bits per heavy atom. The second-order valence-electron chi connectivity index (χ2n) is 6.94. The van der Waals surface area contributed by atoms with E-state index in [0.29, 0.717) is 30.4 Å². The number of halogens is 1. The van der Waals surface area contributed by atoms with Crippen LogP contribution in [0.2, 0.25) is 0 Å². The summed E-state index contributed by atoms with van der Waals surface area (Å²) in [7, 11) is 0. The average molecular weight is 375 g/mol. The summed E-state index contributed by atoms with van der Waals surface area (Å²) in [5.41, 5.74) is 0.701. The van der Waals surface area contributed by atoms with E-state index in [9.17, 15) is 9.18 Å². The molecule has 1 aliphatic heterocycles. The fourth-order valence-corrected chi connectivity index (χ4v) is 2.95. The smallest absolute Gasteiger partial charge is 0.247 e. The number of amides is 1. The van der Waals surface area contributed by atoms with Gasteiger partial charge in [-0.15, -0.1) is 10.2 Å². The molecule has 3 rings (SSSR count). The van der Waals surface area contributed by atoms with E-state index in [1.165, 1.54) is 12.1 Å². The molecular formula is C19H26FN5O2. The van der Waals surface area contributed by atoms with Gasteiger partial charge < -0.3 is 9.73 Å². The molecule has 27 heavy (non-hydrogen) atoms. The van der Waals surface area contributed by atoms with Gasteiger partial charge in [-0.2, -0.15) is 0 Å². The molecule has 0 bridgehead atoms. The van der Waals surface area contributed by atoms with E-state index >= 15 is 0 Å². The van der Waals surface area contributed by atoms with Gasteiger partial charge in [0.2, 0.25) is 17.7 Å². The number of carbonyl (C=O) groups is 1. The number of hydrogen-bond donors (Lipinski definition) is 1. The van der Waals surface area contributed by atoms with Gasteiger partial charge >= 0.3 is 0 Å². The quantitative estimate of drug-likeness (QED) is 0.797. The highest BCUT2D eigenvalue weighted by Gasteiger charge is 2.21. The van der Waals surface area contributed by atoms with E-state index in [1.54, 1.807) is 12.1 Å². The van der Waals surface area contributed by atoms with Crippen LogP contribution in [0.25, 0.3) is 11.5 Å². The van der Waals surface area contributed by atoms with Gasteiger partial charge in [0.15, 0.2) is 0 Å². The van der Waals surface area contributed by atoms with Crippen molar-refractivity contribution in [3.8, 4) is 11.5 Å². The third-order valence-corrected chi connectivity index (χ3v) is 4.77. The van der Waals surface area contributed by atoms with Gasteiger partial charge in [-0.1, -0.05) is 6.92 Å². The van der Waals surface area contributed by atoms with Gasteiger partial charge in [0, 0.05) is 37.8 Å². The fraction of sp³-hybridized carbons (Fsp3) is 0.526. The van der Waals surface area contributed by atoms with E-state index in [1.807, 2.05) is 6.92 Å². The largest absolute Gasteiger partial charge is 0.419 e. The third-order valence-electron chi connectivity index (χ3n) is 4.77. The third kappa shape index (κ3) is 5.58. The van der Waals surface area contributed by atoms with E-state index in [-0.39, 0.29) is 17.8 Å². The van der Waals surface area contributed by atoms with Crippen LogP contribution in [0.5, 0.6) is 0 Å². The standard InChI is InChI=1S/C19H26FN5O2/c1-3-14(2)21-17(26)12-24-8-10-25(11-9-24)13-18-22-23-19(27-18)15-4-6-16(20)7-5-15/h4-7,14H,3,8-13H2,1-2H3,(H,21,26). The van der Waals surface area contributed by atoms with Crippen molar-refractivity contribution in [3.63, 3.8) is 0 Å². The lowest BCUT2D eigenvalue weighted by molar-refractivity contribution is -0.123. The van der Waals surface area contributed by atoms with E-state index in [4.69, 9.17) is 4.42 Å². The average Bonchev–Trinajstić information content (AvgIpc) is 3.12. The van der Waals surface area contributed by atoms with Crippen LogP contribution >= 0.6 is 0 Å². The number of benzene rings is 1. The number of nitrogens with one attached hydrogen (secondary N) is 1. The Morgan fingerprint density at radius 2 is 1.85 bits per heavy atom. The van der Waals surface area contributed by atoms with Crippen LogP contribution in [0, 0.1) is 5.82 Å². The van der Waals surface area contributed by atoms with Crippen molar-refractivity contribution < 1.29 is 13.6 Å². The van der Waals surface area contributed by atoms with Crippen LogP contribution in [0.15, 0.2) is 28.7 Å². The lowest BCUT2D eigenvalue weighted by Gasteiger charge is -2.33. The summed E-state index contributed by atoms with van der Waals surface area (Å²) >= 11 is 0. The summed E-state index contributed by atoms with van der Waals surface area (Å²) in [5.74, 6) is 0.718. The van der Waals surface area contributed by atoms with E-state index in [2.05, 4.69) is 32.2 Å². The van der Waals surface area contributed by atoms with Gasteiger partial charge in [0.05, 0.1) is 13.1 Å². The highest BCUT2D eigenvalue weighted by Crippen LogP contribution is 2.19. The molecule has 8 heteroatoms. The second kappa shape index (κ2) is 9.05. The monoisotopic (exact) mass is 375 g/mol. The number of piperazine rings is 1. The normalized spacial score (nSPS) is 17.0. The topological polar surface area (TPSA) is 74.5 Å². The summed E-state index contributed by atoms with van der Waals surface area (Å²) in [5, 5.41) is 11.1. The molecular weight excluding hydrogens is 349 g/mol. The Morgan fingerprint density at radius 1 is 1.19 bits per heavy atom. The molecule has 1 atom stereocenters. The zero-order chi connectivity index (χ0) is 19.2. The Kier molecular flexibility index (Phi) is 6.52. The van der Waals surface area contributed by atoms with Crippen LogP contribution in [0.4, 0.5) is 4.39 Å². The minimum absolute atomic E-state index is 0.0821. The molecule has 1 aliphatic rings. The molecule has 7 nitrogen and oxygen atoms in total. The Bertz CT molecular complexity index is 741. The highest BCUT2D eigenvalue weighted by molar-refractivity contribution is 5.78. The van der Waals surface area contributed by atoms with Crippen molar-refractivity contribution in [2.75, 3.05) is 32.7 Å². The van der Waals surface area contributed by atoms with Crippen molar-refractivity contribution in [1.29, 1.82) is 0 Å². The summed E-state index contributed by atoms with van der Waals surface area (Å²) in [6, 6.07) is 6.20. The van der Waals surface area contributed by atoms with Crippen molar-refractivity contribution in [2.24, 2.45) is 0 Å². The molecule has 0 saturated carbocycles. The molecule has 1 aromatic heterocycles. The molecule has 1 aromatic carbocycles. The molecule has 1 saturated heterocycles. The maximum absolute atomic E-state index is 13.0. The maximum atomic E-state index is 13.0. The predicted molar refractivity (Wildman–Crippen MR) is 99.3 cm³/mol. The van der Waals surface area contributed by atoms with Crippen molar-refractivity contribution in [3.05, 3.63) is 36.0 Å². The zero-order valence-corrected chi connectivity index (χ0v) is 15.8. The molecule has 1 amide bonds. The predicted octanol–water partition coefficient (Wildman–Crippen LogP) is 1.91. The SMILES string of the molecule is CCC(C)NC(=O)CN1CCN(Cc2nnc(-c3ccc(F)cc3)o2)CC1. The molecule has 0 aliphatic carbocycles. The highest BCUT2D eigenvalue weighted by atomic mass is 19.1. The number of carbonyl (C=O) groups excluding carboxylic acids is 1. The number of hydrogen-bond acceptors (Lipinski definition) is 6. The van der Waals surface area contributed by atoms with E-state index in [0.717, 1.165) is 32.6 Å². The van der Waals surface area contributed by atoms with Crippen LogP contribution in [-0.2, 0) is 11.3 Å². The van der Waals surface area contributed by atoms with Gasteiger partial charge in [-0.05, 0) is 37.6 Å². The molecule has 2 heterocycles. The second-order valence-corrected chi connectivity index (χ2v) is 6.94. The van der Waals surface area contributed by atoms with Crippen LogP contribution in [-0.4, -0.2) is 64.7 Å². The fourth-order valence-electron chi connectivity index (χ4n) is 2.95. The number of aromatic nitrogens is 2. The minimum atomic E-state index is -0.297. The van der Waals surface area contributed by atoms with Gasteiger partial charge in [0.25, 0.3) is 0 Å². The number of nitrogens with zero attached hydrogens (tertiary/aromatic N) is 4. The van der Waals surface area contributed by atoms with Crippen molar-refractivity contribution in [2.45, 2.75) is 32.9 Å². The zero-order valence-electron chi connectivity index (χ0n) is 15.8. The van der Waals surface area contributed by atoms with Crippen LogP contribution in [0.3, 0.4) is 0 Å². The molecule has 1 unspecified atom stereocenters. The molecule has 1 fully saturated rings. The van der Waals surface area contributed by atoms with E-state index < -0.39 is 0 Å². The van der Waals surface area contributed by atoms with Crippen molar-refractivity contribution >= 4 is 5.91 Å². The van der Waals surface area contributed by atoms with Crippen molar-refractivity contribution in [1.82, 2.24) is 25.3 Å². The first-order chi connectivity index (χ1) is 13.0. The summed E-state index contributed by atoms with van der Waals surface area (Å²) in [4.78, 5) is 16.4. The minimum Gasteiger partial charge on any atom is -0.419 e. The lowest BCUT2D eigenvalue weighted by atomic mass is 10.2. The van der Waals surface area contributed by atoms with Gasteiger partial charge in [0.1, 0.15) is 5.82 Å². The summed E-state index contributed by atoms with van der Waals surface area (Å²) in [6.07, 6.45) is 0.934. The van der Waals surface area contributed by atoms with Crippen LogP contribution < -0.4 is 5.32 Å². The lowest BCUT2D eigenvalue weighted by Crippen LogP contribution is -2.49. The first-order valence-electron chi connectivity index (χ1n) is 9.36. The molecule has 0 radical (unpaired) electrons. The van der Waals surface area contributed by atoms with Crippen LogP contribution in [0.1, 0.15) is 26.2 Å². The summed E-state index contributed by atoms with van der Waals surface area (Å²) < 4.78 is 18.7. The summed E-state index contributed by atoms with van der Waals surface area (Å²) in [6.45, 7) is 8.41. The molecule has 0 spiro atoms. The van der Waals surface area contributed by atoms with Gasteiger partial charge in [-0.25, -0.2) is 4.39 Å². The Labute approximate surface area is 158 Å². The maximum Gasteiger partial charge on any atom is 0.247 e. The molecule has 1 N–H and O–H groups in total. The first kappa shape index (κ1) is 19.4. The Hall–Kier alpha value is -2.32. The molecule has 2 aromatic rings. The molecule has 146 valence electrons. The van der Waals surface area contributed by atoms with Gasteiger partial charge in [-0.3, -0.25) is 14.6 Å². The Balaban J connectivity index is 1.45. The first-order valence-corrected chi connectivity index (χ1v) is 9.36. The number of rotatable bonds is 7.